The summed E-state index contributed by atoms with van der Waals surface area (Å²) in [4.78, 5) is 0.279. The van der Waals surface area contributed by atoms with E-state index in [-0.39, 0.29) is 10.9 Å². The second-order valence-electron chi connectivity index (χ2n) is 4.61. The molecule has 0 amide bonds. The first-order valence-corrected chi connectivity index (χ1v) is 8.37. The molecule has 0 fully saturated rings. The molecule has 2 N–H and O–H groups in total. The van der Waals surface area contributed by atoms with Crippen LogP contribution in [0.25, 0.3) is 0 Å². The normalized spacial score (nSPS) is 13.3. The quantitative estimate of drug-likeness (QED) is 0.725. The van der Waals surface area contributed by atoms with Crippen molar-refractivity contribution in [3.63, 3.8) is 0 Å². The van der Waals surface area contributed by atoms with Gasteiger partial charge in [-0.05, 0) is 38.1 Å². The summed E-state index contributed by atoms with van der Waals surface area (Å²) in [6, 6.07) is 6.65. The number of ether oxygens (including phenoxy) is 1. The van der Waals surface area contributed by atoms with Crippen LogP contribution in [-0.4, -0.2) is 34.2 Å². The molecule has 0 heterocycles. The van der Waals surface area contributed by atoms with Gasteiger partial charge in [0.05, 0.1) is 11.5 Å². The van der Waals surface area contributed by atoms with Gasteiger partial charge in [0.25, 0.3) is 0 Å². The lowest BCUT2D eigenvalue weighted by Gasteiger charge is -2.14. The Morgan fingerprint density at radius 2 is 1.85 bits per heavy atom. The van der Waals surface area contributed by atoms with E-state index in [1.807, 2.05) is 26.0 Å². The molecular weight excluding hydrogens is 276 g/mol. The highest BCUT2D eigenvalue weighted by Crippen LogP contribution is 2.11. The van der Waals surface area contributed by atoms with Crippen LogP contribution in [0.5, 0.6) is 0 Å². The molecule has 1 aromatic carbocycles. The van der Waals surface area contributed by atoms with E-state index in [9.17, 15) is 8.42 Å². The smallest absolute Gasteiger partial charge is 0.240 e. The van der Waals surface area contributed by atoms with Crippen molar-refractivity contribution in [1.29, 1.82) is 0 Å². The molecule has 0 aliphatic rings. The van der Waals surface area contributed by atoms with Gasteiger partial charge in [0.15, 0.2) is 0 Å². The lowest BCUT2D eigenvalue weighted by molar-refractivity contribution is 0.133. The van der Waals surface area contributed by atoms with Crippen molar-refractivity contribution < 1.29 is 13.2 Å². The molecule has 1 rings (SSSR count). The molecule has 0 spiro atoms. The monoisotopic (exact) mass is 300 g/mol. The molecule has 1 aromatic rings. The standard InChI is InChI=1S/C14H24N2O3S/c1-4-15-10-13-6-8-14(9-7-13)20(17,18)16-12(3)11-19-5-2/h6-9,12,15-16H,4-5,10-11H2,1-3H3. The summed E-state index contributed by atoms with van der Waals surface area (Å²) in [6.45, 7) is 8.26. The first-order chi connectivity index (χ1) is 9.49. The lowest BCUT2D eigenvalue weighted by Crippen LogP contribution is -2.35. The van der Waals surface area contributed by atoms with Crippen LogP contribution in [0.1, 0.15) is 26.3 Å². The molecule has 20 heavy (non-hydrogen) atoms. The third kappa shape index (κ3) is 5.58. The summed E-state index contributed by atoms with van der Waals surface area (Å²) < 4.78 is 32.1. The number of rotatable bonds is 9. The van der Waals surface area contributed by atoms with E-state index in [1.54, 1.807) is 19.1 Å². The van der Waals surface area contributed by atoms with Crippen LogP contribution in [0.4, 0.5) is 0 Å². The summed E-state index contributed by atoms with van der Waals surface area (Å²) in [6.07, 6.45) is 0. The predicted octanol–water partition coefficient (Wildman–Crippen LogP) is 1.50. The van der Waals surface area contributed by atoms with E-state index in [1.165, 1.54) is 0 Å². The van der Waals surface area contributed by atoms with Crippen molar-refractivity contribution in [3.05, 3.63) is 29.8 Å². The van der Waals surface area contributed by atoms with Crippen LogP contribution in [-0.2, 0) is 21.3 Å². The van der Waals surface area contributed by atoms with Crippen LogP contribution in [0.3, 0.4) is 0 Å². The molecule has 0 saturated heterocycles. The molecule has 0 aromatic heterocycles. The SMILES string of the molecule is CCNCc1ccc(S(=O)(=O)NC(C)COCC)cc1. The highest BCUT2D eigenvalue weighted by Gasteiger charge is 2.17. The molecule has 114 valence electrons. The molecule has 1 unspecified atom stereocenters. The van der Waals surface area contributed by atoms with Crippen LogP contribution in [0.2, 0.25) is 0 Å². The largest absolute Gasteiger partial charge is 0.380 e. The fourth-order valence-electron chi connectivity index (χ4n) is 1.72. The Kier molecular flexibility index (Phi) is 7.15. The van der Waals surface area contributed by atoms with E-state index in [0.29, 0.717) is 13.2 Å². The zero-order valence-electron chi connectivity index (χ0n) is 12.3. The summed E-state index contributed by atoms with van der Waals surface area (Å²) in [7, 11) is -3.48. The minimum atomic E-state index is -3.48. The van der Waals surface area contributed by atoms with Crippen molar-refractivity contribution in [2.24, 2.45) is 0 Å². The molecule has 5 nitrogen and oxygen atoms in total. The molecule has 0 aliphatic heterocycles. The van der Waals surface area contributed by atoms with Gasteiger partial charge in [0.2, 0.25) is 10.0 Å². The van der Waals surface area contributed by atoms with Gasteiger partial charge in [-0.25, -0.2) is 13.1 Å². The Morgan fingerprint density at radius 3 is 2.40 bits per heavy atom. The van der Waals surface area contributed by atoms with Crippen LogP contribution >= 0.6 is 0 Å². The van der Waals surface area contributed by atoms with Gasteiger partial charge in [0.1, 0.15) is 0 Å². The van der Waals surface area contributed by atoms with Crippen LogP contribution in [0.15, 0.2) is 29.2 Å². The van der Waals surface area contributed by atoms with Crippen LogP contribution in [0, 0.1) is 0 Å². The number of sulfonamides is 1. The van der Waals surface area contributed by atoms with Crippen molar-refractivity contribution in [1.82, 2.24) is 10.0 Å². The molecule has 0 bridgehead atoms. The van der Waals surface area contributed by atoms with Gasteiger partial charge in [-0.3, -0.25) is 0 Å². The fourth-order valence-corrected chi connectivity index (χ4v) is 2.95. The van der Waals surface area contributed by atoms with Gasteiger partial charge in [-0.15, -0.1) is 0 Å². The van der Waals surface area contributed by atoms with E-state index in [0.717, 1.165) is 18.7 Å². The Morgan fingerprint density at radius 1 is 1.20 bits per heavy atom. The maximum atomic E-state index is 12.1. The van der Waals surface area contributed by atoms with E-state index in [2.05, 4.69) is 10.0 Å². The second-order valence-corrected chi connectivity index (χ2v) is 6.32. The van der Waals surface area contributed by atoms with E-state index in [4.69, 9.17) is 4.74 Å². The summed E-state index contributed by atoms with van der Waals surface area (Å²) in [5.74, 6) is 0. The first-order valence-electron chi connectivity index (χ1n) is 6.89. The molecule has 1 atom stereocenters. The van der Waals surface area contributed by atoms with Gasteiger partial charge in [-0.2, -0.15) is 0 Å². The van der Waals surface area contributed by atoms with Gasteiger partial charge in [0, 0.05) is 19.2 Å². The highest BCUT2D eigenvalue weighted by molar-refractivity contribution is 7.89. The minimum Gasteiger partial charge on any atom is -0.380 e. The zero-order chi connectivity index (χ0) is 15.0. The molecular formula is C14H24N2O3S. The second kappa shape index (κ2) is 8.36. The Labute approximate surface area is 121 Å². The maximum absolute atomic E-state index is 12.1. The van der Waals surface area contributed by atoms with Crippen molar-refractivity contribution in [3.8, 4) is 0 Å². The third-order valence-corrected chi connectivity index (χ3v) is 4.35. The topological polar surface area (TPSA) is 67.4 Å². The van der Waals surface area contributed by atoms with Crippen molar-refractivity contribution in [2.75, 3.05) is 19.8 Å². The average Bonchev–Trinajstić information content (AvgIpc) is 2.43. The van der Waals surface area contributed by atoms with Gasteiger partial charge >= 0.3 is 0 Å². The van der Waals surface area contributed by atoms with Gasteiger partial charge in [-0.1, -0.05) is 19.1 Å². The molecule has 0 saturated carbocycles. The Bertz CT molecular complexity index is 486. The van der Waals surface area contributed by atoms with Crippen LogP contribution < -0.4 is 10.0 Å². The number of hydrogen-bond donors (Lipinski definition) is 2. The van der Waals surface area contributed by atoms with Crippen molar-refractivity contribution in [2.45, 2.75) is 38.3 Å². The Hall–Kier alpha value is -0.950. The highest BCUT2D eigenvalue weighted by atomic mass is 32.2. The summed E-state index contributed by atoms with van der Waals surface area (Å²) in [5.41, 5.74) is 1.06. The number of benzene rings is 1. The van der Waals surface area contributed by atoms with E-state index >= 15 is 0 Å². The number of nitrogens with one attached hydrogen (secondary N) is 2. The molecule has 0 radical (unpaired) electrons. The number of hydrogen-bond acceptors (Lipinski definition) is 4. The third-order valence-electron chi connectivity index (χ3n) is 2.74. The van der Waals surface area contributed by atoms with E-state index < -0.39 is 10.0 Å². The lowest BCUT2D eigenvalue weighted by atomic mass is 10.2. The fraction of sp³-hybridized carbons (Fsp3) is 0.571. The maximum Gasteiger partial charge on any atom is 0.240 e. The summed E-state index contributed by atoms with van der Waals surface area (Å²) >= 11 is 0. The predicted molar refractivity (Wildman–Crippen MR) is 80.1 cm³/mol. The van der Waals surface area contributed by atoms with Crippen molar-refractivity contribution >= 4 is 10.0 Å². The summed E-state index contributed by atoms with van der Waals surface area (Å²) in [5, 5.41) is 3.20. The van der Waals surface area contributed by atoms with Gasteiger partial charge < -0.3 is 10.1 Å². The molecule has 6 heteroatoms. The Balaban J connectivity index is 2.67. The minimum absolute atomic E-state index is 0.249. The average molecular weight is 300 g/mol. The molecule has 0 aliphatic carbocycles. The first kappa shape index (κ1) is 17.1. The zero-order valence-corrected chi connectivity index (χ0v) is 13.2.